The maximum absolute atomic E-state index is 12.7. The van der Waals surface area contributed by atoms with Crippen LogP contribution in [-0.4, -0.2) is 142 Å². The number of esters is 2. The summed E-state index contributed by atoms with van der Waals surface area (Å²) in [6, 6.07) is 0. The molecule has 0 spiro atoms. The number of aliphatic hydroxyl groups is 7. The third-order valence-electron chi connectivity index (χ3n) is 9.06. The third kappa shape index (κ3) is 16.0. The lowest BCUT2D eigenvalue weighted by molar-refractivity contribution is -0.332. The Bertz CT molecular complexity index is 907. The summed E-state index contributed by atoms with van der Waals surface area (Å²) in [5.41, 5.74) is 0. The molecule has 2 heterocycles. The zero-order valence-electron chi connectivity index (χ0n) is 29.9. The van der Waals surface area contributed by atoms with E-state index in [9.17, 15) is 45.3 Å². The largest absolute Gasteiger partial charge is 0.462 e. The molecule has 0 aromatic rings. The minimum atomic E-state index is -1.75. The Morgan fingerprint density at radius 2 is 1.06 bits per heavy atom. The van der Waals surface area contributed by atoms with Gasteiger partial charge in [0.05, 0.1) is 19.8 Å². The summed E-state index contributed by atoms with van der Waals surface area (Å²) in [4.78, 5) is 24.7. The summed E-state index contributed by atoms with van der Waals surface area (Å²) in [6.07, 6.45) is -0.696. The van der Waals surface area contributed by atoms with Gasteiger partial charge in [-0.25, -0.2) is 0 Å². The minimum Gasteiger partial charge on any atom is -0.462 e. The second-order valence-electron chi connectivity index (χ2n) is 13.4. The lowest BCUT2D eigenvalue weighted by Crippen LogP contribution is -2.61. The van der Waals surface area contributed by atoms with E-state index in [1.165, 1.54) is 57.8 Å². The Morgan fingerprint density at radius 3 is 1.60 bits per heavy atom. The summed E-state index contributed by atoms with van der Waals surface area (Å²) in [6.45, 7) is 2.15. The molecule has 0 aromatic carbocycles. The Morgan fingerprint density at radius 1 is 0.560 bits per heavy atom. The van der Waals surface area contributed by atoms with E-state index in [1.807, 2.05) is 6.92 Å². The van der Waals surface area contributed by atoms with Crippen LogP contribution in [0.3, 0.4) is 0 Å². The quantitative estimate of drug-likeness (QED) is 0.0493. The van der Waals surface area contributed by atoms with Gasteiger partial charge in [-0.3, -0.25) is 9.59 Å². The number of carbonyl (C=O) groups is 2. The molecule has 2 aliphatic rings. The number of hydrogen-bond donors (Lipinski definition) is 7. The van der Waals surface area contributed by atoms with Gasteiger partial charge in [-0.05, 0) is 12.8 Å². The molecular weight excluding hydrogens is 660 g/mol. The molecule has 15 heteroatoms. The molecule has 0 saturated carbocycles. The van der Waals surface area contributed by atoms with Gasteiger partial charge in [0.15, 0.2) is 18.7 Å². The molecule has 7 N–H and O–H groups in total. The first-order valence-corrected chi connectivity index (χ1v) is 18.6. The van der Waals surface area contributed by atoms with Crippen LogP contribution in [0.1, 0.15) is 117 Å². The molecule has 2 aliphatic heterocycles. The molecule has 2 fully saturated rings. The number of ether oxygens (including phenoxy) is 6. The second-order valence-corrected chi connectivity index (χ2v) is 13.4. The predicted octanol–water partition coefficient (Wildman–Crippen LogP) is 1.36. The highest BCUT2D eigenvalue weighted by Crippen LogP contribution is 2.26. The molecule has 50 heavy (non-hydrogen) atoms. The zero-order valence-corrected chi connectivity index (χ0v) is 29.9. The van der Waals surface area contributed by atoms with E-state index < -0.39 is 92.7 Å². The fraction of sp³-hybridized carbons (Fsp3) is 0.943. The molecule has 294 valence electrons. The Labute approximate surface area is 296 Å². The van der Waals surface area contributed by atoms with Crippen molar-refractivity contribution in [3.05, 3.63) is 0 Å². The van der Waals surface area contributed by atoms with E-state index >= 15 is 0 Å². The molecule has 0 bridgehead atoms. The molecule has 0 amide bonds. The van der Waals surface area contributed by atoms with Crippen molar-refractivity contribution in [1.82, 2.24) is 0 Å². The minimum absolute atomic E-state index is 0.169. The van der Waals surface area contributed by atoms with Gasteiger partial charge in [-0.1, -0.05) is 90.9 Å². The van der Waals surface area contributed by atoms with Crippen molar-refractivity contribution in [2.24, 2.45) is 0 Å². The van der Waals surface area contributed by atoms with Crippen LogP contribution in [0.25, 0.3) is 0 Å². The van der Waals surface area contributed by atoms with Crippen molar-refractivity contribution in [2.45, 2.75) is 184 Å². The SMILES string of the molecule is CCCCCCCCCCCCCCCC(=O)OC(COC(=O)CCC)COC1OC(COC2OC(CO)C(O)C(O)C2O)C(O)C(O)C1O. The van der Waals surface area contributed by atoms with E-state index in [0.29, 0.717) is 12.8 Å². The van der Waals surface area contributed by atoms with Crippen LogP contribution < -0.4 is 0 Å². The van der Waals surface area contributed by atoms with Crippen molar-refractivity contribution < 1.29 is 73.8 Å². The highest BCUT2D eigenvalue weighted by Gasteiger charge is 2.47. The molecule has 2 saturated heterocycles. The van der Waals surface area contributed by atoms with Crippen molar-refractivity contribution in [2.75, 3.05) is 26.4 Å². The average Bonchev–Trinajstić information content (AvgIpc) is 3.10. The van der Waals surface area contributed by atoms with Gasteiger partial charge in [0.2, 0.25) is 0 Å². The fourth-order valence-corrected chi connectivity index (χ4v) is 5.90. The Hall–Kier alpha value is -1.50. The second kappa shape index (κ2) is 25.5. The van der Waals surface area contributed by atoms with E-state index in [0.717, 1.165) is 19.3 Å². The standard InChI is InChI=1S/C35H64O15/c1-3-5-6-7-8-9-10-11-12-13-14-15-16-18-27(38)48-23(20-45-26(37)17-4-2)21-46-34-33(44)31(42)29(40)25(50-34)22-47-35-32(43)30(41)28(39)24(19-36)49-35/h23-25,28-36,39-44H,3-22H2,1-2H3. The van der Waals surface area contributed by atoms with Crippen molar-refractivity contribution in [1.29, 1.82) is 0 Å². The number of rotatable bonds is 26. The smallest absolute Gasteiger partial charge is 0.306 e. The van der Waals surface area contributed by atoms with Crippen molar-refractivity contribution in [3.8, 4) is 0 Å². The molecule has 0 aliphatic carbocycles. The molecule has 15 nitrogen and oxygen atoms in total. The zero-order chi connectivity index (χ0) is 36.9. The van der Waals surface area contributed by atoms with Crippen LogP contribution in [0.5, 0.6) is 0 Å². The molecule has 2 rings (SSSR count). The summed E-state index contributed by atoms with van der Waals surface area (Å²) in [5.74, 6) is -0.984. The summed E-state index contributed by atoms with van der Waals surface area (Å²) in [5, 5.41) is 71.1. The highest BCUT2D eigenvalue weighted by atomic mass is 16.7. The molecule has 11 unspecified atom stereocenters. The summed E-state index contributed by atoms with van der Waals surface area (Å²) >= 11 is 0. The topological polar surface area (TPSA) is 231 Å². The molecule has 11 atom stereocenters. The number of aliphatic hydroxyl groups excluding tert-OH is 7. The van der Waals surface area contributed by atoms with Gasteiger partial charge in [0.1, 0.15) is 55.4 Å². The van der Waals surface area contributed by atoms with Gasteiger partial charge < -0.3 is 64.2 Å². The van der Waals surface area contributed by atoms with Crippen LogP contribution in [0, 0.1) is 0 Å². The van der Waals surface area contributed by atoms with Crippen LogP contribution in [0.4, 0.5) is 0 Å². The van der Waals surface area contributed by atoms with Crippen LogP contribution in [0.15, 0.2) is 0 Å². The lowest BCUT2D eigenvalue weighted by Gasteiger charge is -2.42. The van der Waals surface area contributed by atoms with E-state index in [1.54, 1.807) is 0 Å². The highest BCUT2D eigenvalue weighted by molar-refractivity contribution is 5.70. The Kier molecular flexibility index (Phi) is 22.8. The molecule has 0 radical (unpaired) electrons. The van der Waals surface area contributed by atoms with E-state index in [-0.39, 0.29) is 26.1 Å². The van der Waals surface area contributed by atoms with Gasteiger partial charge in [-0.2, -0.15) is 0 Å². The lowest BCUT2D eigenvalue weighted by atomic mass is 9.98. The van der Waals surface area contributed by atoms with Gasteiger partial charge >= 0.3 is 11.9 Å². The number of unbranched alkanes of at least 4 members (excludes halogenated alkanes) is 12. The normalized spacial score (nSPS) is 30.6. The van der Waals surface area contributed by atoms with Crippen LogP contribution in [0.2, 0.25) is 0 Å². The first-order valence-electron chi connectivity index (χ1n) is 18.6. The maximum Gasteiger partial charge on any atom is 0.306 e. The van der Waals surface area contributed by atoms with Crippen molar-refractivity contribution >= 4 is 11.9 Å². The van der Waals surface area contributed by atoms with Crippen LogP contribution in [-0.2, 0) is 38.0 Å². The fourth-order valence-electron chi connectivity index (χ4n) is 5.90. The summed E-state index contributed by atoms with van der Waals surface area (Å²) < 4.78 is 32.8. The molecular formula is C35H64O15. The maximum atomic E-state index is 12.7. The average molecular weight is 725 g/mol. The van der Waals surface area contributed by atoms with E-state index in [2.05, 4.69) is 6.92 Å². The Balaban J connectivity index is 1.81. The predicted molar refractivity (Wildman–Crippen MR) is 178 cm³/mol. The van der Waals surface area contributed by atoms with Gasteiger partial charge in [0, 0.05) is 12.8 Å². The molecule has 0 aromatic heterocycles. The number of carbonyl (C=O) groups excluding carboxylic acids is 2. The van der Waals surface area contributed by atoms with Crippen molar-refractivity contribution in [3.63, 3.8) is 0 Å². The van der Waals surface area contributed by atoms with Gasteiger partial charge in [0.25, 0.3) is 0 Å². The first kappa shape index (κ1) is 44.7. The van der Waals surface area contributed by atoms with Gasteiger partial charge in [-0.15, -0.1) is 0 Å². The van der Waals surface area contributed by atoms with E-state index in [4.69, 9.17) is 28.4 Å². The number of hydrogen-bond acceptors (Lipinski definition) is 15. The first-order chi connectivity index (χ1) is 24.0. The van der Waals surface area contributed by atoms with Crippen LogP contribution >= 0.6 is 0 Å². The summed E-state index contributed by atoms with van der Waals surface area (Å²) in [7, 11) is 0. The third-order valence-corrected chi connectivity index (χ3v) is 9.06. The monoisotopic (exact) mass is 724 g/mol.